The Bertz CT molecular complexity index is 158. The molecule has 0 aromatic carbocycles. The Morgan fingerprint density at radius 3 is 1.70 bits per heavy atom. The Morgan fingerprint density at radius 1 is 1.30 bits per heavy atom. The summed E-state index contributed by atoms with van der Waals surface area (Å²) < 4.78 is 0. The van der Waals surface area contributed by atoms with Crippen LogP contribution in [0.3, 0.4) is 0 Å². The van der Waals surface area contributed by atoms with Crippen LogP contribution in [0.25, 0.3) is 0 Å². The summed E-state index contributed by atoms with van der Waals surface area (Å²) in [6, 6.07) is 0. The zero-order valence-electron chi connectivity index (χ0n) is 7.49. The SMILES string of the molecule is C/C=C(/C(C)=O)C(C)(C)C. The molecule has 1 nitrogen and oxygen atoms in total. The Labute approximate surface area is 63.1 Å². The third-order valence-electron chi connectivity index (χ3n) is 1.48. The minimum atomic E-state index is 0.000579. The Balaban J connectivity index is 4.56. The number of hydrogen-bond acceptors (Lipinski definition) is 1. The lowest BCUT2D eigenvalue weighted by Crippen LogP contribution is -2.15. The van der Waals surface area contributed by atoms with E-state index >= 15 is 0 Å². The molecule has 0 N–H and O–H groups in total. The number of ketones is 1. The number of Topliss-reactive ketones (excluding diaryl/α,β-unsaturated/α-hetero) is 1. The van der Waals surface area contributed by atoms with Gasteiger partial charge in [0, 0.05) is 0 Å². The fourth-order valence-corrected chi connectivity index (χ4v) is 1.16. The quantitative estimate of drug-likeness (QED) is 0.511. The van der Waals surface area contributed by atoms with E-state index < -0.39 is 0 Å². The summed E-state index contributed by atoms with van der Waals surface area (Å²) in [7, 11) is 0. The summed E-state index contributed by atoms with van der Waals surface area (Å²) in [5.41, 5.74) is 0.910. The number of allylic oxidation sites excluding steroid dienone is 2. The van der Waals surface area contributed by atoms with Crippen LogP contribution in [0.15, 0.2) is 11.6 Å². The van der Waals surface area contributed by atoms with Crippen molar-refractivity contribution in [3.63, 3.8) is 0 Å². The fraction of sp³-hybridized carbons (Fsp3) is 0.667. The monoisotopic (exact) mass is 140 g/mol. The first-order chi connectivity index (χ1) is 4.39. The van der Waals surface area contributed by atoms with Crippen molar-refractivity contribution in [1.82, 2.24) is 0 Å². The van der Waals surface area contributed by atoms with Crippen LogP contribution in [0.5, 0.6) is 0 Å². The summed E-state index contributed by atoms with van der Waals surface area (Å²) in [5.74, 6) is 0.176. The van der Waals surface area contributed by atoms with E-state index in [1.54, 1.807) is 6.92 Å². The highest BCUT2D eigenvalue weighted by Gasteiger charge is 2.19. The predicted octanol–water partition coefficient (Wildman–Crippen LogP) is 2.57. The van der Waals surface area contributed by atoms with E-state index in [1.165, 1.54) is 0 Å². The predicted molar refractivity (Wildman–Crippen MR) is 43.9 cm³/mol. The van der Waals surface area contributed by atoms with E-state index in [-0.39, 0.29) is 11.2 Å². The number of rotatable bonds is 1. The third-order valence-corrected chi connectivity index (χ3v) is 1.48. The Hall–Kier alpha value is -0.590. The molecule has 0 saturated heterocycles. The van der Waals surface area contributed by atoms with E-state index in [2.05, 4.69) is 0 Å². The molecular formula is C9H16O. The molecule has 0 atom stereocenters. The molecule has 0 aliphatic rings. The summed E-state index contributed by atoms with van der Waals surface area (Å²) in [4.78, 5) is 11.0. The van der Waals surface area contributed by atoms with Crippen LogP contribution in [0.2, 0.25) is 0 Å². The molecule has 0 saturated carbocycles. The van der Waals surface area contributed by atoms with Gasteiger partial charge in [0.2, 0.25) is 0 Å². The van der Waals surface area contributed by atoms with Gasteiger partial charge in [0.05, 0.1) is 0 Å². The van der Waals surface area contributed by atoms with Crippen molar-refractivity contribution in [1.29, 1.82) is 0 Å². The lowest BCUT2D eigenvalue weighted by atomic mass is 9.84. The highest BCUT2D eigenvalue weighted by atomic mass is 16.1. The molecule has 1 heteroatoms. The molecule has 0 aromatic rings. The molecule has 0 aromatic heterocycles. The van der Waals surface area contributed by atoms with Crippen LogP contribution in [0, 0.1) is 5.41 Å². The molecule has 0 heterocycles. The van der Waals surface area contributed by atoms with Gasteiger partial charge in [-0.3, -0.25) is 4.79 Å². The van der Waals surface area contributed by atoms with Crippen molar-refractivity contribution in [2.24, 2.45) is 5.41 Å². The lowest BCUT2D eigenvalue weighted by molar-refractivity contribution is -0.114. The van der Waals surface area contributed by atoms with Crippen LogP contribution >= 0.6 is 0 Å². The summed E-state index contributed by atoms with van der Waals surface area (Å²) in [5, 5.41) is 0. The third kappa shape index (κ3) is 2.34. The molecule has 0 rings (SSSR count). The minimum Gasteiger partial charge on any atom is -0.295 e. The van der Waals surface area contributed by atoms with Gasteiger partial charge in [-0.05, 0) is 24.8 Å². The fourth-order valence-electron chi connectivity index (χ4n) is 1.16. The van der Waals surface area contributed by atoms with E-state index in [0.29, 0.717) is 0 Å². The molecule has 0 amide bonds. The van der Waals surface area contributed by atoms with Gasteiger partial charge < -0.3 is 0 Å². The van der Waals surface area contributed by atoms with E-state index in [0.717, 1.165) is 5.57 Å². The largest absolute Gasteiger partial charge is 0.295 e. The number of hydrogen-bond donors (Lipinski definition) is 0. The van der Waals surface area contributed by atoms with Gasteiger partial charge in [-0.25, -0.2) is 0 Å². The summed E-state index contributed by atoms with van der Waals surface area (Å²) in [6.07, 6.45) is 1.89. The topological polar surface area (TPSA) is 17.1 Å². The average molecular weight is 140 g/mol. The van der Waals surface area contributed by atoms with E-state index in [9.17, 15) is 4.79 Å². The Kier molecular flexibility index (Phi) is 2.82. The second-order valence-corrected chi connectivity index (χ2v) is 3.51. The standard InChI is InChI=1S/C9H16O/c1-6-8(7(2)10)9(3,4)5/h6H,1-5H3/b8-6-. The molecule has 58 valence electrons. The van der Waals surface area contributed by atoms with Crippen molar-refractivity contribution in [3.8, 4) is 0 Å². The minimum absolute atomic E-state index is 0.000579. The van der Waals surface area contributed by atoms with Gasteiger partial charge in [-0.15, -0.1) is 0 Å². The first-order valence-electron chi connectivity index (χ1n) is 3.57. The van der Waals surface area contributed by atoms with Gasteiger partial charge >= 0.3 is 0 Å². The van der Waals surface area contributed by atoms with Crippen molar-refractivity contribution < 1.29 is 4.79 Å². The number of carbonyl (C=O) groups is 1. The first kappa shape index (κ1) is 9.41. The van der Waals surface area contributed by atoms with Crippen LogP contribution < -0.4 is 0 Å². The molecule has 0 fully saturated rings. The van der Waals surface area contributed by atoms with Crippen molar-refractivity contribution in [2.75, 3.05) is 0 Å². The van der Waals surface area contributed by atoms with Gasteiger partial charge in [0.15, 0.2) is 5.78 Å². The second-order valence-electron chi connectivity index (χ2n) is 3.51. The first-order valence-corrected chi connectivity index (χ1v) is 3.57. The van der Waals surface area contributed by atoms with Gasteiger partial charge in [-0.2, -0.15) is 0 Å². The molecule has 0 bridgehead atoms. The molecule has 0 aliphatic heterocycles. The molecule has 0 radical (unpaired) electrons. The van der Waals surface area contributed by atoms with Crippen molar-refractivity contribution in [3.05, 3.63) is 11.6 Å². The van der Waals surface area contributed by atoms with Crippen molar-refractivity contribution in [2.45, 2.75) is 34.6 Å². The molecule has 0 aliphatic carbocycles. The summed E-state index contributed by atoms with van der Waals surface area (Å²) >= 11 is 0. The summed E-state index contributed by atoms with van der Waals surface area (Å²) in [6.45, 7) is 9.65. The lowest BCUT2D eigenvalue weighted by Gasteiger charge is -2.19. The number of carbonyl (C=O) groups excluding carboxylic acids is 1. The normalized spacial score (nSPS) is 13.5. The average Bonchev–Trinajstić information content (AvgIpc) is 1.60. The van der Waals surface area contributed by atoms with Crippen LogP contribution in [-0.4, -0.2) is 5.78 Å². The highest BCUT2D eigenvalue weighted by Crippen LogP contribution is 2.25. The van der Waals surface area contributed by atoms with Gasteiger partial charge in [-0.1, -0.05) is 26.8 Å². The van der Waals surface area contributed by atoms with Crippen LogP contribution in [0.4, 0.5) is 0 Å². The maximum atomic E-state index is 11.0. The van der Waals surface area contributed by atoms with E-state index in [4.69, 9.17) is 0 Å². The van der Waals surface area contributed by atoms with Crippen LogP contribution in [-0.2, 0) is 4.79 Å². The van der Waals surface area contributed by atoms with E-state index in [1.807, 2.05) is 33.8 Å². The zero-order valence-corrected chi connectivity index (χ0v) is 7.49. The molecule has 10 heavy (non-hydrogen) atoms. The van der Waals surface area contributed by atoms with Crippen molar-refractivity contribution >= 4 is 5.78 Å². The second kappa shape index (κ2) is 3.00. The van der Waals surface area contributed by atoms with Gasteiger partial charge in [0.1, 0.15) is 0 Å². The molecule has 0 unspecified atom stereocenters. The molecule has 0 spiro atoms. The van der Waals surface area contributed by atoms with Gasteiger partial charge in [0.25, 0.3) is 0 Å². The Morgan fingerprint density at radius 2 is 1.70 bits per heavy atom. The maximum Gasteiger partial charge on any atom is 0.155 e. The molecular weight excluding hydrogens is 124 g/mol. The highest BCUT2D eigenvalue weighted by molar-refractivity contribution is 5.94. The zero-order chi connectivity index (χ0) is 8.36. The smallest absolute Gasteiger partial charge is 0.155 e. The van der Waals surface area contributed by atoms with Crippen LogP contribution in [0.1, 0.15) is 34.6 Å². The maximum absolute atomic E-state index is 11.0.